The Morgan fingerprint density at radius 2 is 1.91 bits per heavy atom. The molecule has 2 aromatic rings. The summed E-state index contributed by atoms with van der Waals surface area (Å²) in [6.45, 7) is 8.34. The van der Waals surface area contributed by atoms with Crippen LogP contribution in [0, 0.1) is 13.8 Å². The van der Waals surface area contributed by atoms with Gasteiger partial charge >= 0.3 is 0 Å². The fourth-order valence-electron chi connectivity index (χ4n) is 2.83. The topological polar surface area (TPSA) is 52.2 Å². The molecule has 1 N–H and O–H groups in total. The number of hydrogen-bond donors (Lipinski definition) is 1. The molecular formula is C17H22N4O. The molecule has 0 aliphatic carbocycles. The summed E-state index contributed by atoms with van der Waals surface area (Å²) in [5.74, 6) is 0.0277. The van der Waals surface area contributed by atoms with Crippen LogP contribution >= 0.6 is 0 Å². The highest BCUT2D eigenvalue weighted by Gasteiger charge is 2.23. The number of amides is 1. The van der Waals surface area contributed by atoms with E-state index in [0.29, 0.717) is 5.69 Å². The Labute approximate surface area is 130 Å². The van der Waals surface area contributed by atoms with Crippen molar-refractivity contribution in [3.05, 3.63) is 52.8 Å². The molecule has 22 heavy (non-hydrogen) atoms. The molecule has 0 atom stereocenters. The van der Waals surface area contributed by atoms with Crippen molar-refractivity contribution in [2.24, 2.45) is 0 Å². The van der Waals surface area contributed by atoms with Gasteiger partial charge in [0.25, 0.3) is 5.91 Å². The van der Waals surface area contributed by atoms with Crippen LogP contribution in [0.3, 0.4) is 0 Å². The van der Waals surface area contributed by atoms with Crippen molar-refractivity contribution in [2.45, 2.75) is 20.4 Å². The van der Waals surface area contributed by atoms with E-state index in [0.717, 1.165) is 38.4 Å². The van der Waals surface area contributed by atoms with Gasteiger partial charge in [-0.3, -0.25) is 14.8 Å². The molecule has 0 bridgehead atoms. The first-order valence-corrected chi connectivity index (χ1v) is 7.71. The summed E-state index contributed by atoms with van der Waals surface area (Å²) in [5, 5.41) is 6.89. The Kier molecular flexibility index (Phi) is 4.24. The first-order chi connectivity index (χ1) is 10.6. The molecule has 1 amide bonds. The van der Waals surface area contributed by atoms with Crippen molar-refractivity contribution in [3.8, 4) is 0 Å². The minimum atomic E-state index is 0.0277. The summed E-state index contributed by atoms with van der Waals surface area (Å²) in [7, 11) is 0. The number of aryl methyl sites for hydroxylation is 2. The van der Waals surface area contributed by atoms with Crippen LogP contribution in [0.5, 0.6) is 0 Å². The van der Waals surface area contributed by atoms with Crippen LogP contribution in [0.4, 0.5) is 0 Å². The fraction of sp³-hybridized carbons (Fsp3) is 0.412. The third kappa shape index (κ3) is 3.20. The number of piperazine rings is 1. The van der Waals surface area contributed by atoms with Gasteiger partial charge in [0.05, 0.1) is 0 Å². The number of rotatable bonds is 3. The second kappa shape index (κ2) is 6.32. The lowest BCUT2D eigenvalue weighted by atomic mass is 10.1. The molecular weight excluding hydrogens is 276 g/mol. The molecule has 1 fully saturated rings. The lowest BCUT2D eigenvalue weighted by Gasteiger charge is -2.34. The van der Waals surface area contributed by atoms with E-state index in [9.17, 15) is 4.79 Å². The molecule has 1 aromatic carbocycles. The Morgan fingerprint density at radius 1 is 1.18 bits per heavy atom. The SMILES string of the molecule is Cc1cc(C(=O)N2CCN(Cc3ccccc3C)CC2)n[nH]1. The second-order valence-corrected chi connectivity index (χ2v) is 5.93. The molecule has 0 spiro atoms. The highest BCUT2D eigenvalue weighted by Crippen LogP contribution is 2.13. The van der Waals surface area contributed by atoms with Crippen LogP contribution in [-0.2, 0) is 6.54 Å². The molecule has 1 aliphatic heterocycles. The monoisotopic (exact) mass is 298 g/mol. The molecule has 1 aliphatic rings. The van der Waals surface area contributed by atoms with Crippen LogP contribution in [0.15, 0.2) is 30.3 Å². The lowest BCUT2D eigenvalue weighted by Crippen LogP contribution is -2.48. The van der Waals surface area contributed by atoms with Crippen molar-refractivity contribution < 1.29 is 4.79 Å². The van der Waals surface area contributed by atoms with Crippen molar-refractivity contribution in [2.75, 3.05) is 26.2 Å². The number of nitrogens with zero attached hydrogens (tertiary/aromatic N) is 3. The molecule has 5 heteroatoms. The average molecular weight is 298 g/mol. The normalized spacial score (nSPS) is 16.0. The second-order valence-electron chi connectivity index (χ2n) is 5.93. The van der Waals surface area contributed by atoms with E-state index in [1.165, 1.54) is 11.1 Å². The minimum Gasteiger partial charge on any atom is -0.335 e. The van der Waals surface area contributed by atoms with Gasteiger partial charge < -0.3 is 4.90 Å². The van der Waals surface area contributed by atoms with Gasteiger partial charge in [0, 0.05) is 38.4 Å². The Bertz CT molecular complexity index is 656. The van der Waals surface area contributed by atoms with Gasteiger partial charge in [-0.05, 0) is 31.0 Å². The molecule has 2 heterocycles. The Morgan fingerprint density at radius 3 is 2.55 bits per heavy atom. The van der Waals surface area contributed by atoms with Gasteiger partial charge in [-0.25, -0.2) is 0 Å². The van der Waals surface area contributed by atoms with Gasteiger partial charge in [0.15, 0.2) is 0 Å². The number of carbonyl (C=O) groups is 1. The third-order valence-corrected chi connectivity index (χ3v) is 4.24. The summed E-state index contributed by atoms with van der Waals surface area (Å²) in [6, 6.07) is 10.3. The van der Waals surface area contributed by atoms with E-state index in [4.69, 9.17) is 0 Å². The fourth-order valence-corrected chi connectivity index (χ4v) is 2.83. The van der Waals surface area contributed by atoms with Crippen molar-refractivity contribution >= 4 is 5.91 Å². The van der Waals surface area contributed by atoms with Crippen LogP contribution < -0.4 is 0 Å². The average Bonchev–Trinajstić information content (AvgIpc) is 2.96. The quantitative estimate of drug-likeness (QED) is 0.943. The minimum absolute atomic E-state index is 0.0277. The zero-order chi connectivity index (χ0) is 15.5. The summed E-state index contributed by atoms with van der Waals surface area (Å²) < 4.78 is 0. The summed E-state index contributed by atoms with van der Waals surface area (Å²) in [4.78, 5) is 16.7. The number of nitrogens with one attached hydrogen (secondary N) is 1. The first-order valence-electron chi connectivity index (χ1n) is 7.71. The van der Waals surface area contributed by atoms with E-state index in [1.54, 1.807) is 0 Å². The molecule has 5 nitrogen and oxygen atoms in total. The Hall–Kier alpha value is -2.14. The standard InChI is InChI=1S/C17H22N4O/c1-13-5-3-4-6-15(13)12-20-7-9-21(10-8-20)17(22)16-11-14(2)18-19-16/h3-6,11H,7-10,12H2,1-2H3,(H,18,19). The highest BCUT2D eigenvalue weighted by atomic mass is 16.2. The van der Waals surface area contributed by atoms with Gasteiger partial charge in [0.1, 0.15) is 5.69 Å². The molecule has 0 saturated carbocycles. The molecule has 3 rings (SSSR count). The molecule has 0 unspecified atom stereocenters. The molecule has 116 valence electrons. The first kappa shape index (κ1) is 14.8. The number of aromatic nitrogens is 2. The van der Waals surface area contributed by atoms with Crippen LogP contribution in [0.2, 0.25) is 0 Å². The van der Waals surface area contributed by atoms with E-state index < -0.39 is 0 Å². The van der Waals surface area contributed by atoms with Gasteiger partial charge in [0.2, 0.25) is 0 Å². The predicted molar refractivity (Wildman–Crippen MR) is 85.7 cm³/mol. The maximum Gasteiger partial charge on any atom is 0.274 e. The van der Waals surface area contributed by atoms with Crippen molar-refractivity contribution in [1.82, 2.24) is 20.0 Å². The third-order valence-electron chi connectivity index (χ3n) is 4.24. The highest BCUT2D eigenvalue weighted by molar-refractivity contribution is 5.92. The van der Waals surface area contributed by atoms with Crippen LogP contribution in [-0.4, -0.2) is 52.1 Å². The molecule has 0 radical (unpaired) electrons. The number of H-pyrrole nitrogens is 1. The molecule has 1 saturated heterocycles. The predicted octanol–water partition coefficient (Wildman–Crippen LogP) is 1.98. The molecule has 1 aromatic heterocycles. The zero-order valence-electron chi connectivity index (χ0n) is 13.2. The van der Waals surface area contributed by atoms with E-state index in [2.05, 4.69) is 46.3 Å². The number of aromatic amines is 1. The zero-order valence-corrected chi connectivity index (χ0v) is 13.2. The van der Waals surface area contributed by atoms with E-state index in [-0.39, 0.29) is 5.91 Å². The van der Waals surface area contributed by atoms with Crippen molar-refractivity contribution in [3.63, 3.8) is 0 Å². The summed E-state index contributed by atoms with van der Waals surface area (Å²) >= 11 is 0. The lowest BCUT2D eigenvalue weighted by molar-refractivity contribution is 0.0622. The van der Waals surface area contributed by atoms with Gasteiger partial charge in [-0.2, -0.15) is 5.10 Å². The maximum atomic E-state index is 12.4. The Balaban J connectivity index is 1.56. The van der Waals surface area contributed by atoms with Gasteiger partial charge in [-0.1, -0.05) is 24.3 Å². The summed E-state index contributed by atoms with van der Waals surface area (Å²) in [6.07, 6.45) is 0. The van der Waals surface area contributed by atoms with Crippen LogP contribution in [0.25, 0.3) is 0 Å². The maximum absolute atomic E-state index is 12.4. The van der Waals surface area contributed by atoms with Crippen LogP contribution in [0.1, 0.15) is 27.3 Å². The van der Waals surface area contributed by atoms with Gasteiger partial charge in [-0.15, -0.1) is 0 Å². The van der Waals surface area contributed by atoms with Crippen molar-refractivity contribution in [1.29, 1.82) is 0 Å². The smallest absolute Gasteiger partial charge is 0.274 e. The number of carbonyl (C=O) groups excluding carboxylic acids is 1. The summed E-state index contributed by atoms with van der Waals surface area (Å²) in [5.41, 5.74) is 4.13. The van der Waals surface area contributed by atoms with E-state index >= 15 is 0 Å². The van der Waals surface area contributed by atoms with E-state index in [1.807, 2.05) is 17.9 Å². The number of benzene rings is 1. The number of hydrogen-bond acceptors (Lipinski definition) is 3. The largest absolute Gasteiger partial charge is 0.335 e.